The van der Waals surface area contributed by atoms with E-state index in [-0.39, 0.29) is 45.2 Å². The lowest BCUT2D eigenvalue weighted by molar-refractivity contribution is -0.142. The molecule has 0 spiro atoms. The summed E-state index contributed by atoms with van der Waals surface area (Å²) in [5, 5.41) is 16.2. The third kappa shape index (κ3) is 5.22. The molecule has 0 atom stereocenters. The molecule has 0 unspecified atom stereocenters. The topological polar surface area (TPSA) is 114 Å². The van der Waals surface area contributed by atoms with Crippen LogP contribution in [-0.4, -0.2) is 27.3 Å². The highest BCUT2D eigenvalue weighted by atomic mass is 35.5. The molecule has 0 aliphatic carbocycles. The van der Waals surface area contributed by atoms with Gasteiger partial charge >= 0.3 is 6.18 Å². The number of ether oxygens (including phenoxy) is 2. The van der Waals surface area contributed by atoms with Crippen LogP contribution in [0.4, 0.5) is 13.2 Å². The Morgan fingerprint density at radius 3 is 2.58 bits per heavy atom. The normalized spacial score (nSPS) is 11.1. The molecular formula is C18H10Cl2F3N5O3. The highest BCUT2D eigenvalue weighted by Crippen LogP contribution is 2.35. The number of aromatic nitrogens is 4. The fraction of sp³-hybridized carbons (Fsp3) is 0.167. The number of benzene rings is 1. The van der Waals surface area contributed by atoms with Crippen LogP contribution in [0.15, 0.2) is 29.1 Å². The van der Waals surface area contributed by atoms with Gasteiger partial charge in [-0.2, -0.15) is 18.4 Å². The molecule has 1 N–H and O–H groups in total. The first kappa shape index (κ1) is 22.3. The summed E-state index contributed by atoms with van der Waals surface area (Å²) in [4.78, 5) is 18.2. The summed E-state index contributed by atoms with van der Waals surface area (Å²) in [5.74, 6) is -1.67. The molecule has 2 aromatic heterocycles. The zero-order valence-electron chi connectivity index (χ0n) is 15.4. The van der Waals surface area contributed by atoms with Gasteiger partial charge < -0.3 is 14.5 Å². The zero-order valence-corrected chi connectivity index (χ0v) is 16.9. The molecule has 2 heterocycles. The molecule has 0 saturated heterocycles. The molecule has 0 amide bonds. The van der Waals surface area contributed by atoms with Gasteiger partial charge in [-0.15, -0.1) is 10.2 Å². The Balaban J connectivity index is 2.07. The van der Waals surface area contributed by atoms with Gasteiger partial charge in [0.1, 0.15) is 11.6 Å². The van der Waals surface area contributed by atoms with Gasteiger partial charge in [-0.05, 0) is 24.3 Å². The van der Waals surface area contributed by atoms with Gasteiger partial charge in [0, 0.05) is 17.0 Å². The van der Waals surface area contributed by atoms with Crippen LogP contribution < -0.4 is 15.0 Å². The van der Waals surface area contributed by atoms with Crippen LogP contribution in [0.1, 0.15) is 22.6 Å². The first-order chi connectivity index (χ1) is 14.6. The summed E-state index contributed by atoms with van der Waals surface area (Å²) in [6, 6.07) is 6.68. The monoisotopic (exact) mass is 471 g/mol. The van der Waals surface area contributed by atoms with Crippen molar-refractivity contribution >= 4 is 23.2 Å². The maximum atomic E-state index is 13.6. The molecule has 0 bridgehead atoms. The fourth-order valence-corrected chi connectivity index (χ4v) is 2.95. The predicted molar refractivity (Wildman–Crippen MR) is 103 cm³/mol. The second-order valence-corrected chi connectivity index (χ2v) is 6.78. The summed E-state index contributed by atoms with van der Waals surface area (Å²) in [6.45, 7) is 0. The van der Waals surface area contributed by atoms with E-state index in [2.05, 4.69) is 20.2 Å². The number of rotatable bonds is 5. The molecule has 0 radical (unpaired) electrons. The van der Waals surface area contributed by atoms with E-state index in [0.717, 1.165) is 12.1 Å². The summed E-state index contributed by atoms with van der Waals surface area (Å²) in [7, 11) is 1.29. The van der Waals surface area contributed by atoms with Crippen LogP contribution in [0, 0.1) is 11.3 Å². The van der Waals surface area contributed by atoms with Crippen molar-refractivity contribution in [3.63, 3.8) is 0 Å². The first-order valence-corrected chi connectivity index (χ1v) is 9.01. The highest BCUT2D eigenvalue weighted by Gasteiger charge is 2.39. The van der Waals surface area contributed by atoms with Crippen LogP contribution >= 0.6 is 23.2 Å². The summed E-state index contributed by atoms with van der Waals surface area (Å²) in [6.07, 6.45) is -5.31. The Bertz CT molecular complexity index is 1240. The number of hydrogen-bond donors (Lipinski definition) is 1. The van der Waals surface area contributed by atoms with Crippen molar-refractivity contribution < 1.29 is 22.6 Å². The molecular weight excluding hydrogens is 462 g/mol. The Morgan fingerprint density at radius 2 is 1.94 bits per heavy atom. The van der Waals surface area contributed by atoms with Gasteiger partial charge in [0.15, 0.2) is 10.8 Å². The molecule has 0 saturated carbocycles. The number of nitrogens with zero attached hydrogens (tertiary/aromatic N) is 4. The number of H-pyrrole nitrogens is 1. The van der Waals surface area contributed by atoms with Crippen LogP contribution in [0.2, 0.25) is 10.2 Å². The molecule has 8 nitrogen and oxygen atoms in total. The van der Waals surface area contributed by atoms with Gasteiger partial charge in [-0.3, -0.25) is 4.79 Å². The second kappa shape index (κ2) is 8.79. The van der Waals surface area contributed by atoms with E-state index in [1.54, 1.807) is 6.07 Å². The highest BCUT2D eigenvalue weighted by molar-refractivity contribution is 6.30. The lowest BCUT2D eigenvalue weighted by Gasteiger charge is -2.14. The Labute approximate surface area is 182 Å². The lowest BCUT2D eigenvalue weighted by Crippen LogP contribution is -2.22. The van der Waals surface area contributed by atoms with Gasteiger partial charge in [0.25, 0.3) is 5.56 Å². The molecule has 31 heavy (non-hydrogen) atoms. The van der Waals surface area contributed by atoms with Crippen molar-refractivity contribution in [2.45, 2.75) is 12.6 Å². The summed E-state index contributed by atoms with van der Waals surface area (Å²) < 4.78 is 51.1. The molecule has 0 fully saturated rings. The van der Waals surface area contributed by atoms with Crippen molar-refractivity contribution in [2.24, 2.45) is 0 Å². The van der Waals surface area contributed by atoms with Gasteiger partial charge in [-0.1, -0.05) is 23.2 Å². The van der Waals surface area contributed by atoms with E-state index < -0.39 is 23.2 Å². The standard InChI is InChI=1S/C18H10Cl2F3N5O3/c1-30-17-9(4-12(20)27-28-17)5-13-25-15(18(21,22)23)14(16(29)26-13)31-11-3-8(7-24)2-10(19)6-11/h2-4,6H,5H2,1H3,(H,25,26,29). The molecule has 160 valence electrons. The third-order valence-electron chi connectivity index (χ3n) is 3.77. The maximum absolute atomic E-state index is 13.6. The van der Waals surface area contributed by atoms with Crippen LogP contribution in [-0.2, 0) is 12.6 Å². The Morgan fingerprint density at radius 1 is 1.19 bits per heavy atom. The molecule has 3 rings (SSSR count). The SMILES string of the molecule is COc1nnc(Cl)cc1Cc1nc(C(F)(F)F)c(Oc2cc(Cl)cc(C#N)c2)c(=O)[nH]1. The number of methoxy groups -OCH3 is 1. The minimum absolute atomic E-state index is 0.00361. The molecule has 0 aliphatic rings. The predicted octanol–water partition coefficient (Wildman–Crippen LogP) is 4.15. The maximum Gasteiger partial charge on any atom is 0.437 e. The summed E-state index contributed by atoms with van der Waals surface area (Å²) in [5.41, 5.74) is -2.47. The minimum atomic E-state index is -5.02. The molecule has 0 aliphatic heterocycles. The zero-order chi connectivity index (χ0) is 22.8. The molecule has 1 aromatic carbocycles. The van der Waals surface area contributed by atoms with Gasteiger partial charge in [-0.25, -0.2) is 4.98 Å². The van der Waals surface area contributed by atoms with Crippen LogP contribution in [0.5, 0.6) is 17.4 Å². The van der Waals surface area contributed by atoms with Crippen molar-refractivity contribution in [2.75, 3.05) is 7.11 Å². The fourth-order valence-electron chi connectivity index (χ4n) is 2.55. The van der Waals surface area contributed by atoms with Crippen molar-refractivity contribution in [3.05, 3.63) is 67.4 Å². The largest absolute Gasteiger partial charge is 0.480 e. The van der Waals surface area contributed by atoms with E-state index in [0.29, 0.717) is 0 Å². The third-order valence-corrected chi connectivity index (χ3v) is 4.17. The van der Waals surface area contributed by atoms with E-state index in [9.17, 15) is 18.0 Å². The lowest BCUT2D eigenvalue weighted by atomic mass is 10.2. The second-order valence-electron chi connectivity index (χ2n) is 5.96. The van der Waals surface area contributed by atoms with Gasteiger partial charge in [0.2, 0.25) is 11.6 Å². The molecule has 3 aromatic rings. The van der Waals surface area contributed by atoms with E-state index in [1.165, 1.54) is 19.2 Å². The number of nitrogens with one attached hydrogen (secondary N) is 1. The number of alkyl halides is 3. The number of aromatic amines is 1. The number of halogens is 5. The van der Waals surface area contributed by atoms with E-state index in [1.807, 2.05) is 0 Å². The Hall–Kier alpha value is -3.36. The van der Waals surface area contributed by atoms with Crippen molar-refractivity contribution in [1.82, 2.24) is 20.2 Å². The average Bonchev–Trinajstić information content (AvgIpc) is 2.68. The van der Waals surface area contributed by atoms with Crippen LogP contribution in [0.25, 0.3) is 0 Å². The van der Waals surface area contributed by atoms with Crippen molar-refractivity contribution in [3.8, 4) is 23.4 Å². The van der Waals surface area contributed by atoms with Gasteiger partial charge in [0.05, 0.1) is 18.7 Å². The quantitative estimate of drug-likeness (QED) is 0.594. The number of nitriles is 1. The smallest absolute Gasteiger partial charge is 0.437 e. The van der Waals surface area contributed by atoms with Crippen molar-refractivity contribution in [1.29, 1.82) is 5.26 Å². The Kier molecular flexibility index (Phi) is 6.33. The summed E-state index contributed by atoms with van der Waals surface area (Å²) >= 11 is 11.6. The first-order valence-electron chi connectivity index (χ1n) is 8.25. The number of hydrogen-bond acceptors (Lipinski definition) is 7. The minimum Gasteiger partial charge on any atom is -0.480 e. The average molecular weight is 472 g/mol. The van der Waals surface area contributed by atoms with E-state index in [4.69, 9.17) is 37.9 Å². The van der Waals surface area contributed by atoms with Crippen LogP contribution in [0.3, 0.4) is 0 Å². The van der Waals surface area contributed by atoms with E-state index >= 15 is 0 Å². The molecule has 13 heteroatoms.